The zero-order valence-corrected chi connectivity index (χ0v) is 8.34. The molecule has 0 spiro atoms. The van der Waals surface area contributed by atoms with E-state index in [1.807, 2.05) is 13.8 Å². The third-order valence-corrected chi connectivity index (χ3v) is 3.10. The van der Waals surface area contributed by atoms with Gasteiger partial charge >= 0.3 is 0 Å². The van der Waals surface area contributed by atoms with E-state index in [1.165, 1.54) is 24.8 Å². The molecule has 1 unspecified atom stereocenters. The minimum Gasteiger partial charge on any atom is -0.466 e. The van der Waals surface area contributed by atoms with Gasteiger partial charge in [-0.1, -0.05) is 6.42 Å². The third-order valence-electron chi connectivity index (χ3n) is 3.10. The standard InChI is InChI=1S/C11H17NO/c1-7-6-10(8(2)13-7)11(12)9-4-3-5-9/h6,9,11H,3-5,12H2,1-2H3. The lowest BCUT2D eigenvalue weighted by atomic mass is 9.77. The number of nitrogens with two attached hydrogens (primary N) is 1. The summed E-state index contributed by atoms with van der Waals surface area (Å²) in [5, 5.41) is 0. The minimum absolute atomic E-state index is 0.200. The Labute approximate surface area is 79.1 Å². The van der Waals surface area contributed by atoms with Crippen LogP contribution in [0.2, 0.25) is 0 Å². The van der Waals surface area contributed by atoms with Crippen LogP contribution in [0.25, 0.3) is 0 Å². The van der Waals surface area contributed by atoms with E-state index in [0.29, 0.717) is 5.92 Å². The van der Waals surface area contributed by atoms with Crippen LogP contribution < -0.4 is 5.73 Å². The maximum atomic E-state index is 6.15. The summed E-state index contributed by atoms with van der Waals surface area (Å²) in [6, 6.07) is 2.28. The quantitative estimate of drug-likeness (QED) is 0.758. The minimum atomic E-state index is 0.200. The molecule has 1 aliphatic carbocycles. The van der Waals surface area contributed by atoms with E-state index in [9.17, 15) is 0 Å². The molecule has 1 atom stereocenters. The van der Waals surface area contributed by atoms with Crippen LogP contribution in [0.15, 0.2) is 10.5 Å². The number of hydrogen-bond acceptors (Lipinski definition) is 2. The number of furan rings is 1. The van der Waals surface area contributed by atoms with Gasteiger partial charge in [-0.3, -0.25) is 0 Å². The van der Waals surface area contributed by atoms with Crippen molar-refractivity contribution in [1.82, 2.24) is 0 Å². The van der Waals surface area contributed by atoms with Gasteiger partial charge in [-0.2, -0.15) is 0 Å². The molecule has 0 aromatic carbocycles. The molecule has 2 N–H and O–H groups in total. The Balaban J connectivity index is 2.18. The van der Waals surface area contributed by atoms with Crippen molar-refractivity contribution in [3.63, 3.8) is 0 Å². The van der Waals surface area contributed by atoms with Gasteiger partial charge in [0.2, 0.25) is 0 Å². The summed E-state index contributed by atoms with van der Waals surface area (Å²) in [6.45, 7) is 3.98. The largest absolute Gasteiger partial charge is 0.466 e. The lowest BCUT2D eigenvalue weighted by Gasteiger charge is -2.30. The first kappa shape index (κ1) is 8.82. The highest BCUT2D eigenvalue weighted by molar-refractivity contribution is 5.24. The molecule has 13 heavy (non-hydrogen) atoms. The summed E-state index contributed by atoms with van der Waals surface area (Å²) in [6.07, 6.45) is 3.91. The van der Waals surface area contributed by atoms with Crippen molar-refractivity contribution in [2.24, 2.45) is 11.7 Å². The van der Waals surface area contributed by atoms with Crippen molar-refractivity contribution in [3.8, 4) is 0 Å². The fourth-order valence-electron chi connectivity index (χ4n) is 2.03. The van der Waals surface area contributed by atoms with Gasteiger partial charge in [0.15, 0.2) is 0 Å². The van der Waals surface area contributed by atoms with E-state index in [1.54, 1.807) is 0 Å². The van der Waals surface area contributed by atoms with Crippen LogP contribution >= 0.6 is 0 Å². The normalized spacial score (nSPS) is 19.9. The molecule has 1 aromatic heterocycles. The molecule has 2 heteroatoms. The first-order valence-corrected chi connectivity index (χ1v) is 5.01. The monoisotopic (exact) mass is 179 g/mol. The highest BCUT2D eigenvalue weighted by atomic mass is 16.3. The molecular weight excluding hydrogens is 162 g/mol. The highest BCUT2D eigenvalue weighted by Crippen LogP contribution is 2.37. The molecule has 1 fully saturated rings. The average Bonchev–Trinajstić information content (AvgIpc) is 2.26. The molecule has 0 aliphatic heterocycles. The predicted octanol–water partition coefficient (Wildman–Crippen LogP) is 2.70. The van der Waals surface area contributed by atoms with Crippen LogP contribution in [0.1, 0.15) is 42.4 Å². The zero-order valence-electron chi connectivity index (χ0n) is 8.34. The van der Waals surface area contributed by atoms with Crippen molar-refractivity contribution >= 4 is 0 Å². The lowest BCUT2D eigenvalue weighted by Crippen LogP contribution is -2.26. The lowest BCUT2D eigenvalue weighted by molar-refractivity contribution is 0.262. The Bertz CT molecular complexity index is 299. The Kier molecular flexibility index (Phi) is 2.16. The molecule has 2 nitrogen and oxygen atoms in total. The van der Waals surface area contributed by atoms with Gasteiger partial charge in [0.05, 0.1) is 0 Å². The molecule has 0 bridgehead atoms. The maximum absolute atomic E-state index is 6.15. The van der Waals surface area contributed by atoms with E-state index in [2.05, 4.69) is 6.07 Å². The maximum Gasteiger partial charge on any atom is 0.105 e. The number of rotatable bonds is 2. The SMILES string of the molecule is Cc1cc(C(N)C2CCC2)c(C)o1. The zero-order chi connectivity index (χ0) is 9.42. The van der Waals surface area contributed by atoms with Crippen LogP contribution in [0.4, 0.5) is 0 Å². The molecule has 72 valence electrons. The fourth-order valence-corrected chi connectivity index (χ4v) is 2.03. The van der Waals surface area contributed by atoms with E-state index >= 15 is 0 Å². The Morgan fingerprint density at radius 3 is 2.54 bits per heavy atom. The third kappa shape index (κ3) is 1.51. The van der Waals surface area contributed by atoms with Gasteiger partial charge in [-0.05, 0) is 38.7 Å². The second-order valence-corrected chi connectivity index (χ2v) is 4.09. The fraction of sp³-hybridized carbons (Fsp3) is 0.636. The van der Waals surface area contributed by atoms with Gasteiger partial charge in [0.1, 0.15) is 11.5 Å². The molecule has 0 amide bonds. The summed E-state index contributed by atoms with van der Waals surface area (Å²) in [5.41, 5.74) is 7.36. The molecular formula is C11H17NO. The van der Waals surface area contributed by atoms with Crippen molar-refractivity contribution in [2.45, 2.75) is 39.2 Å². The van der Waals surface area contributed by atoms with Gasteiger partial charge in [0.25, 0.3) is 0 Å². The first-order chi connectivity index (χ1) is 6.18. The molecule has 2 rings (SSSR count). The molecule has 0 radical (unpaired) electrons. The second-order valence-electron chi connectivity index (χ2n) is 4.09. The van der Waals surface area contributed by atoms with Crippen molar-refractivity contribution in [2.75, 3.05) is 0 Å². The summed E-state index contributed by atoms with van der Waals surface area (Å²) in [7, 11) is 0. The Morgan fingerprint density at radius 2 is 2.15 bits per heavy atom. The van der Waals surface area contributed by atoms with E-state index in [0.717, 1.165) is 11.5 Å². The van der Waals surface area contributed by atoms with E-state index in [4.69, 9.17) is 10.2 Å². The highest BCUT2D eigenvalue weighted by Gasteiger charge is 2.27. The van der Waals surface area contributed by atoms with Crippen LogP contribution in [0.5, 0.6) is 0 Å². The predicted molar refractivity (Wildman–Crippen MR) is 52.5 cm³/mol. The van der Waals surface area contributed by atoms with Crippen molar-refractivity contribution < 1.29 is 4.42 Å². The molecule has 0 saturated heterocycles. The van der Waals surface area contributed by atoms with Crippen LogP contribution in [0, 0.1) is 19.8 Å². The van der Waals surface area contributed by atoms with Crippen LogP contribution in [-0.2, 0) is 0 Å². The van der Waals surface area contributed by atoms with Gasteiger partial charge in [0, 0.05) is 11.6 Å². The van der Waals surface area contributed by atoms with Crippen LogP contribution in [-0.4, -0.2) is 0 Å². The molecule has 1 saturated carbocycles. The summed E-state index contributed by atoms with van der Waals surface area (Å²) < 4.78 is 5.47. The van der Waals surface area contributed by atoms with Gasteiger partial charge < -0.3 is 10.2 Å². The molecule has 1 aliphatic rings. The molecule has 1 aromatic rings. The number of aryl methyl sites for hydroxylation is 2. The average molecular weight is 179 g/mol. The smallest absolute Gasteiger partial charge is 0.105 e. The topological polar surface area (TPSA) is 39.2 Å². The van der Waals surface area contributed by atoms with E-state index in [-0.39, 0.29) is 6.04 Å². The van der Waals surface area contributed by atoms with Crippen molar-refractivity contribution in [3.05, 3.63) is 23.2 Å². The van der Waals surface area contributed by atoms with Gasteiger partial charge in [-0.25, -0.2) is 0 Å². The Hall–Kier alpha value is -0.760. The van der Waals surface area contributed by atoms with Crippen molar-refractivity contribution in [1.29, 1.82) is 0 Å². The van der Waals surface area contributed by atoms with E-state index < -0.39 is 0 Å². The summed E-state index contributed by atoms with van der Waals surface area (Å²) in [4.78, 5) is 0. The Morgan fingerprint density at radius 1 is 1.46 bits per heavy atom. The summed E-state index contributed by atoms with van der Waals surface area (Å²) >= 11 is 0. The van der Waals surface area contributed by atoms with Gasteiger partial charge in [-0.15, -0.1) is 0 Å². The summed E-state index contributed by atoms with van der Waals surface area (Å²) in [5.74, 6) is 2.66. The van der Waals surface area contributed by atoms with Crippen LogP contribution in [0.3, 0.4) is 0 Å². The molecule has 1 heterocycles. The number of hydrogen-bond donors (Lipinski definition) is 1. The first-order valence-electron chi connectivity index (χ1n) is 5.01. The second kappa shape index (κ2) is 3.18.